The van der Waals surface area contributed by atoms with E-state index in [9.17, 15) is 4.79 Å². The fourth-order valence-corrected chi connectivity index (χ4v) is 1.78. The van der Waals surface area contributed by atoms with Gasteiger partial charge in [0.15, 0.2) is 0 Å². The molecular formula is C17H24N2O2. The highest BCUT2D eigenvalue weighted by Gasteiger charge is 2.19. The molecule has 0 aliphatic heterocycles. The molecule has 0 unspecified atom stereocenters. The average molecular weight is 288 g/mol. The lowest BCUT2D eigenvalue weighted by Gasteiger charge is -2.24. The van der Waals surface area contributed by atoms with Gasteiger partial charge in [-0.3, -0.25) is 4.79 Å². The molecule has 0 heterocycles. The SMILES string of the molecule is COCCC(C)(C)CNC(=O)c1cccc(C#CCN)c1. The van der Waals surface area contributed by atoms with E-state index in [0.717, 1.165) is 12.0 Å². The first-order chi connectivity index (χ1) is 9.98. The summed E-state index contributed by atoms with van der Waals surface area (Å²) in [6, 6.07) is 7.25. The molecular weight excluding hydrogens is 264 g/mol. The van der Waals surface area contributed by atoms with Crippen molar-refractivity contribution in [2.45, 2.75) is 20.3 Å². The van der Waals surface area contributed by atoms with E-state index in [1.165, 1.54) is 0 Å². The minimum absolute atomic E-state index is 0.00261. The third kappa shape index (κ3) is 6.44. The molecule has 0 atom stereocenters. The Labute approximate surface area is 127 Å². The Kier molecular flexibility index (Phi) is 6.93. The van der Waals surface area contributed by atoms with Crippen LogP contribution in [-0.4, -0.2) is 32.7 Å². The molecule has 0 radical (unpaired) electrons. The van der Waals surface area contributed by atoms with E-state index >= 15 is 0 Å². The number of carbonyl (C=O) groups is 1. The molecule has 0 spiro atoms. The summed E-state index contributed by atoms with van der Waals surface area (Å²) in [5, 5.41) is 2.96. The van der Waals surface area contributed by atoms with Crippen LogP contribution in [0.5, 0.6) is 0 Å². The van der Waals surface area contributed by atoms with Crippen molar-refractivity contribution in [3.63, 3.8) is 0 Å². The van der Waals surface area contributed by atoms with Crippen molar-refractivity contribution in [3.05, 3.63) is 35.4 Å². The number of methoxy groups -OCH3 is 1. The van der Waals surface area contributed by atoms with Crippen molar-refractivity contribution >= 4 is 5.91 Å². The molecule has 0 saturated carbocycles. The molecule has 3 N–H and O–H groups in total. The number of hydrogen-bond acceptors (Lipinski definition) is 3. The summed E-state index contributed by atoms with van der Waals surface area (Å²) in [6.07, 6.45) is 0.895. The average Bonchev–Trinajstić information content (AvgIpc) is 2.49. The molecule has 0 aliphatic rings. The Balaban J connectivity index is 2.63. The molecule has 0 saturated heterocycles. The van der Waals surface area contributed by atoms with Crippen LogP contribution in [0.25, 0.3) is 0 Å². The van der Waals surface area contributed by atoms with E-state index in [1.807, 2.05) is 12.1 Å². The van der Waals surface area contributed by atoms with Gasteiger partial charge in [-0.25, -0.2) is 0 Å². The summed E-state index contributed by atoms with van der Waals surface area (Å²) in [6.45, 7) is 5.82. The normalized spacial score (nSPS) is 10.7. The first-order valence-corrected chi connectivity index (χ1v) is 7.04. The highest BCUT2D eigenvalue weighted by Crippen LogP contribution is 2.19. The van der Waals surface area contributed by atoms with Gasteiger partial charge in [-0.05, 0) is 30.0 Å². The molecule has 21 heavy (non-hydrogen) atoms. The van der Waals surface area contributed by atoms with Gasteiger partial charge in [0.05, 0.1) is 6.54 Å². The van der Waals surface area contributed by atoms with Gasteiger partial charge >= 0.3 is 0 Å². The Morgan fingerprint density at radius 2 is 2.19 bits per heavy atom. The van der Waals surface area contributed by atoms with Crippen molar-refractivity contribution in [3.8, 4) is 11.8 Å². The molecule has 0 bridgehead atoms. The van der Waals surface area contributed by atoms with Crippen LogP contribution in [-0.2, 0) is 4.74 Å². The van der Waals surface area contributed by atoms with Crippen molar-refractivity contribution in [2.24, 2.45) is 11.1 Å². The highest BCUT2D eigenvalue weighted by molar-refractivity contribution is 5.94. The number of carbonyl (C=O) groups excluding carboxylic acids is 1. The molecule has 0 fully saturated rings. The lowest BCUT2D eigenvalue weighted by Crippen LogP contribution is -2.34. The van der Waals surface area contributed by atoms with Crippen LogP contribution in [0.2, 0.25) is 0 Å². The first kappa shape index (κ1) is 17.2. The van der Waals surface area contributed by atoms with Crippen molar-refractivity contribution in [2.75, 3.05) is 26.8 Å². The van der Waals surface area contributed by atoms with Gasteiger partial charge in [0.25, 0.3) is 5.91 Å². The molecule has 114 valence electrons. The monoisotopic (exact) mass is 288 g/mol. The fourth-order valence-electron chi connectivity index (χ4n) is 1.78. The Hall–Kier alpha value is -1.83. The van der Waals surface area contributed by atoms with Crippen molar-refractivity contribution in [1.82, 2.24) is 5.32 Å². The maximum atomic E-state index is 12.2. The van der Waals surface area contributed by atoms with Crippen molar-refractivity contribution < 1.29 is 9.53 Å². The number of nitrogens with one attached hydrogen (secondary N) is 1. The Bertz CT molecular complexity index is 527. The lowest BCUT2D eigenvalue weighted by molar-refractivity contribution is 0.0921. The van der Waals surface area contributed by atoms with E-state index in [1.54, 1.807) is 19.2 Å². The number of benzene rings is 1. The summed E-state index contributed by atoms with van der Waals surface area (Å²) in [7, 11) is 1.68. The second-order valence-electron chi connectivity index (χ2n) is 5.68. The van der Waals surface area contributed by atoms with E-state index in [4.69, 9.17) is 10.5 Å². The number of rotatable bonds is 6. The van der Waals surface area contributed by atoms with Crippen LogP contribution in [0.4, 0.5) is 0 Å². The van der Waals surface area contributed by atoms with Gasteiger partial charge < -0.3 is 15.8 Å². The van der Waals surface area contributed by atoms with Gasteiger partial charge in [-0.15, -0.1) is 0 Å². The summed E-state index contributed by atoms with van der Waals surface area (Å²) >= 11 is 0. The standard InChI is InChI=1S/C17H24N2O2/c1-17(2,9-11-21-3)13-19-16(20)15-8-4-6-14(12-15)7-5-10-18/h4,6,8,12H,9-11,13,18H2,1-3H3,(H,19,20). The quantitative estimate of drug-likeness (QED) is 0.784. The van der Waals surface area contributed by atoms with Crippen LogP contribution < -0.4 is 11.1 Å². The maximum Gasteiger partial charge on any atom is 0.251 e. The van der Waals surface area contributed by atoms with E-state index in [2.05, 4.69) is 31.0 Å². The molecule has 4 nitrogen and oxygen atoms in total. The zero-order chi connectivity index (χ0) is 15.7. The number of nitrogens with two attached hydrogens (primary N) is 1. The molecule has 4 heteroatoms. The molecule has 1 amide bonds. The minimum Gasteiger partial charge on any atom is -0.385 e. The molecule has 1 aromatic carbocycles. The predicted octanol–water partition coefficient (Wildman–Crippen LogP) is 1.79. The summed E-state index contributed by atoms with van der Waals surface area (Å²) < 4.78 is 5.08. The Morgan fingerprint density at radius 1 is 1.43 bits per heavy atom. The zero-order valence-electron chi connectivity index (χ0n) is 13.0. The van der Waals surface area contributed by atoms with Crippen LogP contribution in [0.15, 0.2) is 24.3 Å². The van der Waals surface area contributed by atoms with Gasteiger partial charge in [-0.1, -0.05) is 31.8 Å². The molecule has 0 aliphatic carbocycles. The van der Waals surface area contributed by atoms with Crippen LogP contribution in [0.3, 0.4) is 0 Å². The van der Waals surface area contributed by atoms with Gasteiger partial charge in [0.1, 0.15) is 0 Å². The van der Waals surface area contributed by atoms with Crippen LogP contribution in [0, 0.1) is 17.3 Å². The van der Waals surface area contributed by atoms with E-state index in [0.29, 0.717) is 25.3 Å². The minimum atomic E-state index is -0.0862. The third-order valence-electron chi connectivity index (χ3n) is 3.17. The number of hydrogen-bond donors (Lipinski definition) is 2. The predicted molar refractivity (Wildman–Crippen MR) is 85.0 cm³/mol. The zero-order valence-corrected chi connectivity index (χ0v) is 13.0. The topological polar surface area (TPSA) is 64.3 Å². The smallest absolute Gasteiger partial charge is 0.251 e. The van der Waals surface area contributed by atoms with E-state index in [-0.39, 0.29) is 11.3 Å². The fraction of sp³-hybridized carbons (Fsp3) is 0.471. The van der Waals surface area contributed by atoms with E-state index < -0.39 is 0 Å². The number of amides is 1. The second kappa shape index (κ2) is 8.46. The van der Waals surface area contributed by atoms with Crippen LogP contribution >= 0.6 is 0 Å². The lowest BCUT2D eigenvalue weighted by atomic mass is 9.89. The van der Waals surface area contributed by atoms with Gasteiger partial charge in [-0.2, -0.15) is 0 Å². The molecule has 1 aromatic rings. The summed E-state index contributed by atoms with van der Waals surface area (Å²) in [4.78, 5) is 12.2. The first-order valence-electron chi connectivity index (χ1n) is 7.04. The summed E-state index contributed by atoms with van der Waals surface area (Å²) in [5.41, 5.74) is 6.76. The highest BCUT2D eigenvalue weighted by atomic mass is 16.5. The van der Waals surface area contributed by atoms with Crippen LogP contribution in [0.1, 0.15) is 36.2 Å². The Morgan fingerprint density at radius 3 is 2.86 bits per heavy atom. The second-order valence-corrected chi connectivity index (χ2v) is 5.68. The van der Waals surface area contributed by atoms with Gasteiger partial charge in [0, 0.05) is 31.4 Å². The summed E-state index contributed by atoms with van der Waals surface area (Å²) in [5.74, 6) is 5.62. The van der Waals surface area contributed by atoms with Crippen molar-refractivity contribution in [1.29, 1.82) is 0 Å². The molecule has 0 aromatic heterocycles. The molecule has 1 rings (SSSR count). The number of ether oxygens (including phenoxy) is 1. The largest absolute Gasteiger partial charge is 0.385 e. The third-order valence-corrected chi connectivity index (χ3v) is 3.17. The van der Waals surface area contributed by atoms with Gasteiger partial charge in [0.2, 0.25) is 0 Å². The maximum absolute atomic E-state index is 12.2.